The van der Waals surface area contributed by atoms with Gasteiger partial charge in [0.2, 0.25) is 0 Å². The Morgan fingerprint density at radius 1 is 1.38 bits per heavy atom. The molecule has 2 nitrogen and oxygen atoms in total. The number of benzene rings is 1. The van der Waals surface area contributed by atoms with Gasteiger partial charge in [-0.05, 0) is 55.3 Å². The number of anilines is 1. The summed E-state index contributed by atoms with van der Waals surface area (Å²) in [6, 6.07) is 8.52. The van der Waals surface area contributed by atoms with Gasteiger partial charge in [-0.15, -0.1) is 0 Å². The van der Waals surface area contributed by atoms with E-state index in [1.807, 2.05) is 18.2 Å². The fourth-order valence-corrected chi connectivity index (χ4v) is 2.11. The number of rotatable bonds is 5. The van der Waals surface area contributed by atoms with E-state index in [2.05, 4.69) is 48.1 Å². The third-order valence-corrected chi connectivity index (χ3v) is 3.32. The van der Waals surface area contributed by atoms with Crippen LogP contribution in [-0.4, -0.2) is 18.8 Å². The lowest BCUT2D eigenvalue weighted by Gasteiger charge is -2.27. The van der Waals surface area contributed by atoms with Crippen molar-refractivity contribution in [2.75, 3.05) is 12.4 Å². The fourth-order valence-electron chi connectivity index (χ4n) is 1.72. The fraction of sp³-hybridized carbons (Fsp3) is 0.538. The van der Waals surface area contributed by atoms with Gasteiger partial charge in [0.25, 0.3) is 0 Å². The van der Waals surface area contributed by atoms with Crippen LogP contribution in [0.2, 0.25) is 0 Å². The molecule has 1 rings (SSSR count). The zero-order valence-electron chi connectivity index (χ0n) is 10.4. The molecule has 0 aliphatic rings. The second-order valence-electron chi connectivity index (χ2n) is 4.69. The number of hydrogen-bond donors (Lipinski definition) is 1. The van der Waals surface area contributed by atoms with Crippen molar-refractivity contribution < 1.29 is 4.74 Å². The summed E-state index contributed by atoms with van der Waals surface area (Å²) in [5, 5.41) is 3.47. The summed E-state index contributed by atoms with van der Waals surface area (Å²) in [5.41, 5.74) is 1.04. The average molecular weight is 286 g/mol. The average Bonchev–Trinajstić information content (AvgIpc) is 2.21. The Morgan fingerprint density at radius 2 is 2.00 bits per heavy atom. The first-order chi connectivity index (χ1) is 7.44. The molecular weight excluding hydrogens is 266 g/mol. The third kappa shape index (κ3) is 4.14. The van der Waals surface area contributed by atoms with Crippen molar-refractivity contribution in [3.8, 4) is 0 Å². The topological polar surface area (TPSA) is 21.3 Å². The zero-order valence-corrected chi connectivity index (χ0v) is 12.0. The van der Waals surface area contributed by atoms with Gasteiger partial charge in [0, 0.05) is 23.3 Å². The predicted molar refractivity (Wildman–Crippen MR) is 72.9 cm³/mol. The lowest BCUT2D eigenvalue weighted by Crippen LogP contribution is -2.31. The molecule has 0 aliphatic carbocycles. The summed E-state index contributed by atoms with van der Waals surface area (Å²) < 4.78 is 6.52. The van der Waals surface area contributed by atoms with Crippen LogP contribution in [0, 0.1) is 0 Å². The summed E-state index contributed by atoms with van der Waals surface area (Å²) in [7, 11) is 1.76. The first-order valence-corrected chi connectivity index (χ1v) is 6.30. The number of nitrogens with one attached hydrogen (secondary N) is 1. The summed E-state index contributed by atoms with van der Waals surface area (Å²) in [6.07, 6.45) is 0.963. The van der Waals surface area contributed by atoms with Crippen LogP contribution in [0.15, 0.2) is 28.7 Å². The van der Waals surface area contributed by atoms with Crippen LogP contribution in [0.5, 0.6) is 0 Å². The van der Waals surface area contributed by atoms with E-state index >= 15 is 0 Å². The first kappa shape index (κ1) is 13.5. The number of ether oxygens (including phenoxy) is 1. The summed E-state index contributed by atoms with van der Waals surface area (Å²) in [4.78, 5) is 0. The van der Waals surface area contributed by atoms with Crippen LogP contribution in [-0.2, 0) is 4.74 Å². The molecule has 16 heavy (non-hydrogen) atoms. The summed E-state index contributed by atoms with van der Waals surface area (Å²) >= 11 is 3.53. The van der Waals surface area contributed by atoms with E-state index in [1.165, 1.54) is 0 Å². The number of para-hydroxylation sites is 1. The van der Waals surface area contributed by atoms with Crippen LogP contribution in [0.4, 0.5) is 5.69 Å². The molecule has 0 amide bonds. The normalized spacial score (nSPS) is 13.6. The lowest BCUT2D eigenvalue weighted by molar-refractivity contribution is 0.0128. The van der Waals surface area contributed by atoms with Gasteiger partial charge in [-0.2, -0.15) is 0 Å². The Morgan fingerprint density at radius 3 is 2.56 bits per heavy atom. The second-order valence-corrected chi connectivity index (χ2v) is 5.55. The smallest absolute Gasteiger partial charge is 0.0642 e. The molecule has 0 heterocycles. The molecule has 0 radical (unpaired) electrons. The van der Waals surface area contributed by atoms with Gasteiger partial charge in [-0.25, -0.2) is 0 Å². The Hall–Kier alpha value is -0.540. The monoisotopic (exact) mass is 285 g/mol. The molecule has 0 saturated heterocycles. The van der Waals surface area contributed by atoms with Gasteiger partial charge in [0.1, 0.15) is 0 Å². The summed E-state index contributed by atoms with van der Waals surface area (Å²) in [5.74, 6) is 0. The highest BCUT2D eigenvalue weighted by Crippen LogP contribution is 2.24. The van der Waals surface area contributed by atoms with Crippen molar-refractivity contribution in [1.29, 1.82) is 0 Å². The van der Waals surface area contributed by atoms with Crippen LogP contribution in [0.3, 0.4) is 0 Å². The molecule has 3 heteroatoms. The summed E-state index contributed by atoms with van der Waals surface area (Å²) in [6.45, 7) is 6.37. The number of methoxy groups -OCH3 is 1. The maximum Gasteiger partial charge on any atom is 0.0642 e. The van der Waals surface area contributed by atoms with Gasteiger partial charge in [0.05, 0.1) is 5.60 Å². The van der Waals surface area contributed by atoms with E-state index in [0.717, 1.165) is 16.6 Å². The second kappa shape index (κ2) is 5.69. The minimum absolute atomic E-state index is 0.0896. The van der Waals surface area contributed by atoms with Crippen LogP contribution in [0.1, 0.15) is 27.2 Å². The zero-order chi connectivity index (χ0) is 12.2. The van der Waals surface area contributed by atoms with Crippen molar-refractivity contribution in [3.63, 3.8) is 0 Å². The van der Waals surface area contributed by atoms with Crippen molar-refractivity contribution in [1.82, 2.24) is 0 Å². The van der Waals surface area contributed by atoms with Crippen LogP contribution < -0.4 is 5.32 Å². The number of halogens is 1. The predicted octanol–water partition coefficient (Wildman–Crippen LogP) is 4.06. The highest BCUT2D eigenvalue weighted by molar-refractivity contribution is 9.10. The van der Waals surface area contributed by atoms with Gasteiger partial charge in [-0.3, -0.25) is 0 Å². The standard InChI is InChI=1S/C13H20BrNO/c1-10(9-13(2,3)16-4)15-12-8-6-5-7-11(12)14/h5-8,10,15H,9H2,1-4H3. The van der Waals surface area contributed by atoms with E-state index < -0.39 is 0 Å². The highest BCUT2D eigenvalue weighted by atomic mass is 79.9. The van der Waals surface area contributed by atoms with E-state index in [-0.39, 0.29) is 5.60 Å². The van der Waals surface area contributed by atoms with E-state index in [1.54, 1.807) is 7.11 Å². The molecule has 0 bridgehead atoms. The van der Waals surface area contributed by atoms with E-state index in [9.17, 15) is 0 Å². The molecule has 1 aromatic carbocycles. The van der Waals surface area contributed by atoms with Gasteiger partial charge in [-0.1, -0.05) is 12.1 Å². The van der Waals surface area contributed by atoms with Crippen LogP contribution in [0.25, 0.3) is 0 Å². The molecule has 1 atom stereocenters. The van der Waals surface area contributed by atoms with E-state index in [0.29, 0.717) is 6.04 Å². The minimum atomic E-state index is -0.0896. The third-order valence-electron chi connectivity index (χ3n) is 2.63. The van der Waals surface area contributed by atoms with E-state index in [4.69, 9.17) is 4.74 Å². The Kier molecular flexibility index (Phi) is 4.81. The van der Waals surface area contributed by atoms with Gasteiger partial charge < -0.3 is 10.1 Å². The lowest BCUT2D eigenvalue weighted by atomic mass is 10.00. The quantitative estimate of drug-likeness (QED) is 0.881. The van der Waals surface area contributed by atoms with Crippen molar-refractivity contribution >= 4 is 21.6 Å². The molecule has 1 unspecified atom stereocenters. The molecular formula is C13H20BrNO. The Labute approximate surface area is 107 Å². The Bertz CT molecular complexity index is 338. The highest BCUT2D eigenvalue weighted by Gasteiger charge is 2.20. The first-order valence-electron chi connectivity index (χ1n) is 5.51. The van der Waals surface area contributed by atoms with Crippen LogP contribution >= 0.6 is 15.9 Å². The largest absolute Gasteiger partial charge is 0.382 e. The van der Waals surface area contributed by atoms with Gasteiger partial charge in [0.15, 0.2) is 0 Å². The maximum atomic E-state index is 5.42. The van der Waals surface area contributed by atoms with Crippen molar-refractivity contribution in [2.24, 2.45) is 0 Å². The minimum Gasteiger partial charge on any atom is -0.382 e. The van der Waals surface area contributed by atoms with Gasteiger partial charge >= 0.3 is 0 Å². The molecule has 0 aromatic heterocycles. The van der Waals surface area contributed by atoms with Crippen molar-refractivity contribution in [3.05, 3.63) is 28.7 Å². The SMILES string of the molecule is COC(C)(C)CC(C)Nc1ccccc1Br. The molecule has 0 fully saturated rings. The molecule has 0 aliphatic heterocycles. The maximum absolute atomic E-state index is 5.42. The molecule has 1 aromatic rings. The molecule has 1 N–H and O–H groups in total. The number of hydrogen-bond acceptors (Lipinski definition) is 2. The molecule has 0 saturated carbocycles. The van der Waals surface area contributed by atoms with Crippen molar-refractivity contribution in [2.45, 2.75) is 38.8 Å². The molecule has 0 spiro atoms. The Balaban J connectivity index is 2.58. The molecule has 90 valence electrons.